The van der Waals surface area contributed by atoms with E-state index in [-0.39, 0.29) is 24.8 Å². The molecule has 0 aromatic rings. The quantitative estimate of drug-likeness (QED) is 0.0993. The molecule has 12 heteroatoms. The van der Waals surface area contributed by atoms with Crippen LogP contribution in [0.15, 0.2) is 48.6 Å². The third-order valence-corrected chi connectivity index (χ3v) is 2.67. The third kappa shape index (κ3) is 35.5. The number of amides is 1. The highest BCUT2D eigenvalue weighted by Gasteiger charge is 2.05. The van der Waals surface area contributed by atoms with Crippen molar-refractivity contribution < 1.29 is 53.4 Å². The zero-order valence-corrected chi connectivity index (χ0v) is 21.1. The third-order valence-electron chi connectivity index (χ3n) is 2.67. The molecule has 0 atom stereocenters. The Morgan fingerprint density at radius 1 is 0.714 bits per heavy atom. The minimum Gasteiger partial charge on any atom is -0.460 e. The van der Waals surface area contributed by atoms with Gasteiger partial charge in [0.1, 0.15) is 19.8 Å². The molecule has 0 aliphatic heterocycles. The highest BCUT2D eigenvalue weighted by molar-refractivity contribution is 5.90. The fourth-order valence-electron chi connectivity index (χ4n) is 0.876. The normalized spacial score (nSPS) is 8.83. The van der Waals surface area contributed by atoms with Gasteiger partial charge in [-0.05, 0) is 27.7 Å². The Bertz CT molecular complexity index is 700. The zero-order chi connectivity index (χ0) is 28.6. The van der Waals surface area contributed by atoms with Gasteiger partial charge in [-0.2, -0.15) is 0 Å². The van der Waals surface area contributed by atoms with Crippen LogP contribution in [0.5, 0.6) is 0 Å². The van der Waals surface area contributed by atoms with Crippen molar-refractivity contribution in [3.05, 3.63) is 48.6 Å². The molecule has 5 N–H and O–H groups in total. The Kier molecular flexibility index (Phi) is 28.1. The monoisotopic (exact) mass is 505 g/mol. The first kappa shape index (κ1) is 38.9. The van der Waals surface area contributed by atoms with Crippen LogP contribution < -0.4 is 5.73 Å². The molecule has 0 aromatic carbocycles. The summed E-state index contributed by atoms with van der Waals surface area (Å²) in [5.41, 5.74) is 6.10. The minimum absolute atomic E-state index is 0.0473. The number of ether oxygens (including phenoxy) is 4. The predicted molar refractivity (Wildman–Crippen MR) is 129 cm³/mol. The maximum absolute atomic E-state index is 10.6. The van der Waals surface area contributed by atoms with Gasteiger partial charge in [-0.1, -0.05) is 26.3 Å². The Morgan fingerprint density at radius 3 is 1.31 bits per heavy atom. The number of methoxy groups -OCH3 is 1. The fourth-order valence-corrected chi connectivity index (χ4v) is 0.876. The van der Waals surface area contributed by atoms with Crippen LogP contribution in [0.25, 0.3) is 0 Å². The van der Waals surface area contributed by atoms with E-state index >= 15 is 0 Å². The standard InChI is InChI=1S/C7H12O3.C6H10O4.C6H10O3.C4H7NO/c1-6(2)7(8)10-5-4-9-3;1-4(2)6(9)10-3-5(7)8;1-5(2)6(8)9-4-3-7;1-3(2)4(5)6/h1,4-5H2,2-3H3;5,7-8H,1,3H2,2H3;7H,1,3-4H2,2H3;1H2,2H3,(H2,5,6). The van der Waals surface area contributed by atoms with Gasteiger partial charge >= 0.3 is 17.9 Å². The average molecular weight is 506 g/mol. The van der Waals surface area contributed by atoms with Crippen LogP contribution >= 0.6 is 0 Å². The lowest BCUT2D eigenvalue weighted by Gasteiger charge is -2.04. The number of carbonyl (C=O) groups is 4. The van der Waals surface area contributed by atoms with Crippen molar-refractivity contribution in [3.8, 4) is 0 Å². The van der Waals surface area contributed by atoms with Crippen molar-refractivity contribution in [3.63, 3.8) is 0 Å². The van der Waals surface area contributed by atoms with Crippen LogP contribution in [0, 0.1) is 0 Å². The summed E-state index contributed by atoms with van der Waals surface area (Å²) in [6.45, 7) is 19.8. The first-order valence-electron chi connectivity index (χ1n) is 9.94. The second-order valence-corrected chi connectivity index (χ2v) is 6.55. The molecule has 0 saturated carbocycles. The molecular formula is C23H39NO11. The van der Waals surface area contributed by atoms with E-state index in [2.05, 4.69) is 45.3 Å². The topological polar surface area (TPSA) is 192 Å². The number of aliphatic hydroxyl groups excluding tert-OH is 2. The number of nitrogens with two attached hydrogens (primary N) is 1. The molecule has 0 rings (SSSR count). The maximum Gasteiger partial charge on any atom is 0.333 e. The van der Waals surface area contributed by atoms with Crippen LogP contribution in [0.3, 0.4) is 0 Å². The Labute approximate surface area is 206 Å². The van der Waals surface area contributed by atoms with Gasteiger partial charge in [-0.25, -0.2) is 14.4 Å². The lowest BCUT2D eigenvalue weighted by Crippen LogP contribution is -2.17. The van der Waals surface area contributed by atoms with Crippen LogP contribution in [-0.2, 0) is 38.1 Å². The van der Waals surface area contributed by atoms with Gasteiger partial charge < -0.3 is 40.0 Å². The van der Waals surface area contributed by atoms with E-state index in [9.17, 15) is 19.2 Å². The van der Waals surface area contributed by atoms with Crippen molar-refractivity contribution in [2.24, 2.45) is 5.73 Å². The number of rotatable bonds is 11. The van der Waals surface area contributed by atoms with Gasteiger partial charge in [0.25, 0.3) is 0 Å². The average Bonchev–Trinajstić information content (AvgIpc) is 2.76. The van der Waals surface area contributed by atoms with E-state index in [4.69, 9.17) is 21.1 Å². The molecule has 0 fully saturated rings. The Balaban J connectivity index is -0.000000186. The minimum atomic E-state index is -1.61. The van der Waals surface area contributed by atoms with E-state index < -0.39 is 30.7 Å². The summed E-state index contributed by atoms with van der Waals surface area (Å²) in [6.07, 6.45) is -1.61. The number of esters is 3. The van der Waals surface area contributed by atoms with E-state index in [1.807, 2.05) is 0 Å². The van der Waals surface area contributed by atoms with Gasteiger partial charge in [-0.15, -0.1) is 0 Å². The van der Waals surface area contributed by atoms with Crippen molar-refractivity contribution >= 4 is 23.8 Å². The fraction of sp³-hybridized carbons (Fsp3) is 0.478. The molecule has 0 aliphatic carbocycles. The zero-order valence-electron chi connectivity index (χ0n) is 21.1. The SMILES string of the molecule is C=C(C)C(=O)OCC(O)O.C=C(C)C(=O)OCCO.C=C(C)C(=O)OCCOC.C=C(C)C(N)=O. The molecule has 0 radical (unpaired) electrons. The van der Waals surface area contributed by atoms with Gasteiger partial charge in [0, 0.05) is 29.4 Å². The molecule has 0 heterocycles. The van der Waals surface area contributed by atoms with E-state index in [0.29, 0.717) is 29.9 Å². The summed E-state index contributed by atoms with van der Waals surface area (Å²) in [7, 11) is 1.55. The predicted octanol–water partition coefficient (Wildman–Crippen LogP) is 0.314. The van der Waals surface area contributed by atoms with Crippen molar-refractivity contribution in [1.29, 1.82) is 0 Å². The summed E-state index contributed by atoms with van der Waals surface area (Å²) in [5, 5.41) is 24.7. The summed E-state index contributed by atoms with van der Waals surface area (Å²) in [5.74, 6) is -1.87. The van der Waals surface area contributed by atoms with E-state index in [1.165, 1.54) is 6.92 Å². The van der Waals surface area contributed by atoms with Crippen molar-refractivity contribution in [1.82, 2.24) is 0 Å². The second-order valence-electron chi connectivity index (χ2n) is 6.55. The second kappa shape index (κ2) is 25.3. The lowest BCUT2D eigenvalue weighted by atomic mass is 10.3. The smallest absolute Gasteiger partial charge is 0.333 e. The molecular weight excluding hydrogens is 466 g/mol. The number of hydrogen-bond donors (Lipinski definition) is 4. The first-order valence-corrected chi connectivity index (χ1v) is 9.94. The van der Waals surface area contributed by atoms with Gasteiger partial charge in [0.15, 0.2) is 6.29 Å². The highest BCUT2D eigenvalue weighted by Crippen LogP contribution is 1.92. The molecule has 202 valence electrons. The lowest BCUT2D eigenvalue weighted by molar-refractivity contribution is -0.151. The van der Waals surface area contributed by atoms with E-state index in [0.717, 1.165) is 0 Å². The van der Waals surface area contributed by atoms with Crippen LogP contribution in [0.4, 0.5) is 0 Å². The van der Waals surface area contributed by atoms with Gasteiger partial charge in [-0.3, -0.25) is 4.79 Å². The van der Waals surface area contributed by atoms with E-state index in [1.54, 1.807) is 27.9 Å². The van der Waals surface area contributed by atoms with Crippen molar-refractivity contribution in [2.75, 3.05) is 40.1 Å². The Morgan fingerprint density at radius 2 is 1.06 bits per heavy atom. The summed E-state index contributed by atoms with van der Waals surface area (Å²) in [4.78, 5) is 41.4. The number of carbonyl (C=O) groups excluding carboxylic acids is 4. The first-order chi connectivity index (χ1) is 16.0. The molecule has 0 bridgehead atoms. The largest absolute Gasteiger partial charge is 0.460 e. The highest BCUT2D eigenvalue weighted by atomic mass is 16.6. The summed E-state index contributed by atoms with van der Waals surface area (Å²) < 4.78 is 18.1. The molecule has 0 aromatic heterocycles. The van der Waals surface area contributed by atoms with Gasteiger partial charge in [0.2, 0.25) is 5.91 Å². The molecule has 35 heavy (non-hydrogen) atoms. The molecule has 0 aliphatic rings. The van der Waals surface area contributed by atoms with Crippen LogP contribution in [0.2, 0.25) is 0 Å². The maximum atomic E-state index is 10.6. The number of primary amides is 1. The molecule has 1 amide bonds. The number of aliphatic hydroxyl groups is 3. The van der Waals surface area contributed by atoms with Gasteiger partial charge in [0.05, 0.1) is 13.2 Å². The number of hydrogen-bond acceptors (Lipinski definition) is 11. The molecule has 12 nitrogen and oxygen atoms in total. The molecule has 0 unspecified atom stereocenters. The van der Waals surface area contributed by atoms with Crippen LogP contribution in [-0.4, -0.2) is 85.6 Å². The molecule has 0 saturated heterocycles. The van der Waals surface area contributed by atoms with Crippen molar-refractivity contribution in [2.45, 2.75) is 34.0 Å². The summed E-state index contributed by atoms with van der Waals surface area (Å²) in [6, 6.07) is 0. The summed E-state index contributed by atoms with van der Waals surface area (Å²) >= 11 is 0. The van der Waals surface area contributed by atoms with Crippen LogP contribution in [0.1, 0.15) is 27.7 Å². The molecule has 0 spiro atoms. The Hall–Kier alpha value is -3.32.